The Bertz CT molecular complexity index is 228. The first-order chi connectivity index (χ1) is 6.33. The fourth-order valence-electron chi connectivity index (χ4n) is 0.982. The molecular formula is C10H15NOS. The van der Waals surface area contributed by atoms with Crippen molar-refractivity contribution in [1.82, 2.24) is 0 Å². The van der Waals surface area contributed by atoms with Gasteiger partial charge in [0.15, 0.2) is 0 Å². The zero-order valence-corrected chi connectivity index (χ0v) is 8.59. The fourth-order valence-corrected chi connectivity index (χ4v) is 1.83. The van der Waals surface area contributed by atoms with Gasteiger partial charge < -0.3 is 10.5 Å². The van der Waals surface area contributed by atoms with Crippen LogP contribution in [0.15, 0.2) is 35.2 Å². The third-order valence-corrected chi connectivity index (χ3v) is 2.79. The molecule has 13 heavy (non-hydrogen) atoms. The van der Waals surface area contributed by atoms with Crippen molar-refractivity contribution >= 4 is 11.8 Å². The van der Waals surface area contributed by atoms with Crippen LogP contribution in [0.5, 0.6) is 0 Å². The summed E-state index contributed by atoms with van der Waals surface area (Å²) in [7, 11) is 1.67. The van der Waals surface area contributed by atoms with Gasteiger partial charge in [0, 0.05) is 23.8 Å². The highest BCUT2D eigenvalue weighted by Gasteiger charge is 2.01. The molecule has 1 unspecified atom stereocenters. The van der Waals surface area contributed by atoms with Gasteiger partial charge in [0.25, 0.3) is 0 Å². The molecule has 0 saturated carbocycles. The minimum atomic E-state index is 0.121. The normalized spacial score (nSPS) is 12.8. The molecule has 2 nitrogen and oxygen atoms in total. The van der Waals surface area contributed by atoms with Crippen LogP contribution >= 0.6 is 11.8 Å². The lowest BCUT2D eigenvalue weighted by Crippen LogP contribution is -2.27. The summed E-state index contributed by atoms with van der Waals surface area (Å²) in [5.74, 6) is 0.901. The van der Waals surface area contributed by atoms with Crippen LogP contribution in [0.1, 0.15) is 0 Å². The summed E-state index contributed by atoms with van der Waals surface area (Å²) in [6.45, 7) is 0.625. The van der Waals surface area contributed by atoms with E-state index in [1.807, 2.05) is 18.2 Å². The SMILES string of the molecule is COCC(N)CSc1ccccc1. The fraction of sp³-hybridized carbons (Fsp3) is 0.400. The summed E-state index contributed by atoms with van der Waals surface area (Å²) in [5, 5.41) is 0. The average molecular weight is 197 g/mol. The summed E-state index contributed by atoms with van der Waals surface area (Å²) in [6, 6.07) is 10.4. The van der Waals surface area contributed by atoms with Crippen LogP contribution in [0, 0.1) is 0 Å². The zero-order valence-electron chi connectivity index (χ0n) is 7.77. The van der Waals surface area contributed by atoms with Gasteiger partial charge in [-0.3, -0.25) is 0 Å². The molecule has 1 aromatic carbocycles. The molecule has 0 bridgehead atoms. The van der Waals surface area contributed by atoms with Gasteiger partial charge in [0.1, 0.15) is 0 Å². The van der Waals surface area contributed by atoms with E-state index in [1.54, 1.807) is 18.9 Å². The number of hydrogen-bond donors (Lipinski definition) is 1. The van der Waals surface area contributed by atoms with Crippen molar-refractivity contribution in [3.05, 3.63) is 30.3 Å². The van der Waals surface area contributed by atoms with Crippen LogP contribution in [0.25, 0.3) is 0 Å². The Hall–Kier alpha value is -0.510. The van der Waals surface area contributed by atoms with Crippen LogP contribution in [-0.4, -0.2) is 25.5 Å². The molecular weight excluding hydrogens is 182 g/mol. The summed E-state index contributed by atoms with van der Waals surface area (Å²) in [5.41, 5.74) is 5.79. The van der Waals surface area contributed by atoms with Gasteiger partial charge in [0.2, 0.25) is 0 Å². The Morgan fingerprint density at radius 1 is 1.38 bits per heavy atom. The highest BCUT2D eigenvalue weighted by Crippen LogP contribution is 2.17. The van der Waals surface area contributed by atoms with E-state index in [-0.39, 0.29) is 6.04 Å². The van der Waals surface area contributed by atoms with Crippen LogP contribution in [0.3, 0.4) is 0 Å². The number of rotatable bonds is 5. The van der Waals surface area contributed by atoms with Gasteiger partial charge >= 0.3 is 0 Å². The monoisotopic (exact) mass is 197 g/mol. The quantitative estimate of drug-likeness (QED) is 0.730. The number of ether oxygens (including phenoxy) is 1. The molecule has 0 amide bonds. The Balaban J connectivity index is 2.27. The molecule has 1 atom stereocenters. The number of hydrogen-bond acceptors (Lipinski definition) is 3. The van der Waals surface area contributed by atoms with Crippen molar-refractivity contribution in [2.75, 3.05) is 19.5 Å². The van der Waals surface area contributed by atoms with Crippen molar-refractivity contribution in [1.29, 1.82) is 0 Å². The van der Waals surface area contributed by atoms with Crippen molar-refractivity contribution in [3.8, 4) is 0 Å². The lowest BCUT2D eigenvalue weighted by molar-refractivity contribution is 0.186. The molecule has 2 N–H and O–H groups in total. The van der Waals surface area contributed by atoms with Crippen molar-refractivity contribution < 1.29 is 4.74 Å². The van der Waals surface area contributed by atoms with Gasteiger partial charge in [0.05, 0.1) is 6.61 Å². The minimum absolute atomic E-state index is 0.121. The van der Waals surface area contributed by atoms with Gasteiger partial charge in [-0.15, -0.1) is 11.8 Å². The van der Waals surface area contributed by atoms with Gasteiger partial charge in [-0.2, -0.15) is 0 Å². The summed E-state index contributed by atoms with van der Waals surface area (Å²) in [4.78, 5) is 1.26. The predicted molar refractivity (Wildman–Crippen MR) is 57.0 cm³/mol. The van der Waals surface area contributed by atoms with Crippen LogP contribution in [0.4, 0.5) is 0 Å². The van der Waals surface area contributed by atoms with Crippen LogP contribution in [0.2, 0.25) is 0 Å². The molecule has 0 fully saturated rings. The summed E-state index contributed by atoms with van der Waals surface area (Å²) in [6.07, 6.45) is 0. The molecule has 1 rings (SSSR count). The second kappa shape index (κ2) is 6.02. The van der Waals surface area contributed by atoms with Gasteiger partial charge in [-0.1, -0.05) is 18.2 Å². The van der Waals surface area contributed by atoms with E-state index in [0.717, 1.165) is 5.75 Å². The third kappa shape index (κ3) is 4.31. The molecule has 72 valence electrons. The molecule has 1 aromatic rings. The first-order valence-electron chi connectivity index (χ1n) is 4.25. The van der Waals surface area contributed by atoms with Gasteiger partial charge in [-0.25, -0.2) is 0 Å². The molecule has 0 spiro atoms. The topological polar surface area (TPSA) is 35.2 Å². The molecule has 3 heteroatoms. The van der Waals surface area contributed by atoms with Gasteiger partial charge in [-0.05, 0) is 12.1 Å². The van der Waals surface area contributed by atoms with E-state index in [1.165, 1.54) is 4.90 Å². The first kappa shape index (κ1) is 10.6. The highest BCUT2D eigenvalue weighted by atomic mass is 32.2. The predicted octanol–water partition coefficient (Wildman–Crippen LogP) is 1.75. The van der Waals surface area contributed by atoms with E-state index in [0.29, 0.717) is 6.61 Å². The Morgan fingerprint density at radius 3 is 2.69 bits per heavy atom. The van der Waals surface area contributed by atoms with E-state index >= 15 is 0 Å². The zero-order chi connectivity index (χ0) is 9.52. The maximum atomic E-state index is 5.79. The third-order valence-electron chi connectivity index (χ3n) is 1.59. The number of nitrogens with two attached hydrogens (primary N) is 1. The molecule has 0 aromatic heterocycles. The Morgan fingerprint density at radius 2 is 2.08 bits per heavy atom. The summed E-state index contributed by atoms with van der Waals surface area (Å²) >= 11 is 1.76. The highest BCUT2D eigenvalue weighted by molar-refractivity contribution is 7.99. The maximum absolute atomic E-state index is 5.79. The summed E-state index contributed by atoms with van der Waals surface area (Å²) < 4.78 is 4.95. The lowest BCUT2D eigenvalue weighted by Gasteiger charge is -2.09. The number of methoxy groups -OCH3 is 1. The molecule has 0 aliphatic carbocycles. The number of thioether (sulfide) groups is 1. The van der Waals surface area contributed by atoms with E-state index < -0.39 is 0 Å². The first-order valence-corrected chi connectivity index (χ1v) is 5.24. The maximum Gasteiger partial charge on any atom is 0.0621 e. The van der Waals surface area contributed by atoms with E-state index in [2.05, 4.69) is 12.1 Å². The molecule has 0 heterocycles. The second-order valence-corrected chi connectivity index (χ2v) is 3.93. The number of benzene rings is 1. The molecule has 0 saturated heterocycles. The van der Waals surface area contributed by atoms with E-state index in [4.69, 9.17) is 10.5 Å². The molecule has 0 aliphatic rings. The molecule has 0 radical (unpaired) electrons. The van der Waals surface area contributed by atoms with Crippen molar-refractivity contribution in [3.63, 3.8) is 0 Å². The largest absolute Gasteiger partial charge is 0.383 e. The Labute approximate surface area is 83.5 Å². The Kier molecular flexibility index (Phi) is 4.90. The van der Waals surface area contributed by atoms with Crippen LogP contribution in [-0.2, 0) is 4.74 Å². The smallest absolute Gasteiger partial charge is 0.0621 e. The lowest BCUT2D eigenvalue weighted by atomic mass is 10.4. The van der Waals surface area contributed by atoms with Crippen molar-refractivity contribution in [2.45, 2.75) is 10.9 Å². The van der Waals surface area contributed by atoms with Crippen molar-refractivity contribution in [2.24, 2.45) is 5.73 Å². The molecule has 0 aliphatic heterocycles. The minimum Gasteiger partial charge on any atom is -0.383 e. The van der Waals surface area contributed by atoms with E-state index in [9.17, 15) is 0 Å². The standard InChI is InChI=1S/C10H15NOS/c1-12-7-9(11)8-13-10-5-3-2-4-6-10/h2-6,9H,7-8,11H2,1H3. The van der Waals surface area contributed by atoms with Crippen LogP contribution < -0.4 is 5.73 Å². The average Bonchev–Trinajstić information content (AvgIpc) is 2.17. The second-order valence-electron chi connectivity index (χ2n) is 2.84.